The van der Waals surface area contributed by atoms with Gasteiger partial charge >= 0.3 is 12.1 Å². The van der Waals surface area contributed by atoms with Crippen LogP contribution in [0.4, 0.5) is 8.78 Å². The van der Waals surface area contributed by atoms with Gasteiger partial charge in [0.05, 0.1) is 34.9 Å². The largest absolute Gasteiger partial charge is 0.415 e. The Hall–Kier alpha value is -3.40. The number of pyridine rings is 1. The van der Waals surface area contributed by atoms with E-state index in [2.05, 4.69) is 20.5 Å². The molecule has 1 aromatic carbocycles. The van der Waals surface area contributed by atoms with Crippen LogP contribution in [0, 0.1) is 0 Å². The number of hydrogen-bond donors (Lipinski definition) is 1. The maximum atomic E-state index is 13.2. The highest BCUT2D eigenvalue weighted by molar-refractivity contribution is 5.76. The zero-order chi connectivity index (χ0) is 20.7. The molecule has 4 heterocycles. The molecular formula is C20H18F2N6O2. The monoisotopic (exact) mass is 412 g/mol. The third-order valence-electron chi connectivity index (χ3n) is 5.29. The van der Waals surface area contributed by atoms with E-state index in [0.29, 0.717) is 17.8 Å². The molecule has 1 unspecified atom stereocenters. The standard InChI is InChI=1S/C20H18F2N6O2/c21-17(22)19-26-25-18(30-19)12-5-6-13(24-9-12)11-27-15-3-1-2-4-16(15)28(20(27)29)14-7-8-23-10-14/h1-6,9,14,17,23H,7-8,10-11H2. The van der Waals surface area contributed by atoms with Gasteiger partial charge in [0.25, 0.3) is 5.89 Å². The Bertz CT molecular complexity index is 1240. The Labute approximate surface area is 169 Å². The Balaban J connectivity index is 1.47. The first-order chi connectivity index (χ1) is 14.6. The van der Waals surface area contributed by atoms with E-state index < -0.39 is 12.3 Å². The Morgan fingerprint density at radius 2 is 2.00 bits per heavy atom. The molecule has 0 aliphatic carbocycles. The van der Waals surface area contributed by atoms with Crippen LogP contribution in [0.2, 0.25) is 0 Å². The van der Waals surface area contributed by atoms with E-state index in [1.165, 1.54) is 6.20 Å². The molecule has 3 aromatic heterocycles. The first kappa shape index (κ1) is 18.6. The fraction of sp³-hybridized carbons (Fsp3) is 0.300. The molecule has 1 N–H and O–H groups in total. The zero-order valence-electron chi connectivity index (χ0n) is 15.8. The number of fused-ring (bicyclic) bond motifs is 1. The molecule has 1 aliphatic rings. The zero-order valence-corrected chi connectivity index (χ0v) is 15.8. The van der Waals surface area contributed by atoms with E-state index in [1.807, 2.05) is 28.8 Å². The number of alkyl halides is 2. The summed E-state index contributed by atoms with van der Waals surface area (Å²) in [6.45, 7) is 1.95. The highest BCUT2D eigenvalue weighted by Gasteiger charge is 2.23. The maximum Gasteiger partial charge on any atom is 0.329 e. The smallest absolute Gasteiger partial charge is 0.329 e. The number of rotatable bonds is 5. The predicted octanol–water partition coefficient (Wildman–Crippen LogP) is 2.77. The van der Waals surface area contributed by atoms with Crippen LogP contribution in [0.5, 0.6) is 0 Å². The molecule has 4 aromatic rings. The number of nitrogens with one attached hydrogen (secondary N) is 1. The molecule has 0 spiro atoms. The second-order valence-corrected chi connectivity index (χ2v) is 7.16. The Kier molecular flexibility index (Phi) is 4.62. The minimum absolute atomic E-state index is 0.0214. The van der Waals surface area contributed by atoms with E-state index in [1.54, 1.807) is 16.7 Å². The molecule has 5 rings (SSSR count). The minimum atomic E-state index is -2.82. The topological polar surface area (TPSA) is 90.8 Å². The number of nitrogens with zero attached hydrogens (tertiary/aromatic N) is 5. The summed E-state index contributed by atoms with van der Waals surface area (Å²) in [7, 11) is 0. The molecule has 0 bridgehead atoms. The first-order valence-corrected chi connectivity index (χ1v) is 9.59. The second kappa shape index (κ2) is 7.45. The second-order valence-electron chi connectivity index (χ2n) is 7.16. The van der Waals surface area contributed by atoms with Crippen molar-refractivity contribution >= 4 is 11.0 Å². The van der Waals surface area contributed by atoms with Gasteiger partial charge in [0.15, 0.2) is 0 Å². The van der Waals surface area contributed by atoms with Crippen molar-refractivity contribution in [1.29, 1.82) is 0 Å². The van der Waals surface area contributed by atoms with Gasteiger partial charge in [-0.05, 0) is 37.2 Å². The molecule has 0 radical (unpaired) electrons. The van der Waals surface area contributed by atoms with Crippen molar-refractivity contribution in [2.75, 3.05) is 13.1 Å². The summed E-state index contributed by atoms with van der Waals surface area (Å²) < 4.78 is 33.8. The van der Waals surface area contributed by atoms with Crippen molar-refractivity contribution in [2.24, 2.45) is 0 Å². The number of benzene rings is 1. The molecule has 1 saturated heterocycles. The van der Waals surface area contributed by atoms with Gasteiger partial charge < -0.3 is 9.73 Å². The van der Waals surface area contributed by atoms with Gasteiger partial charge in [-0.2, -0.15) is 8.78 Å². The molecule has 8 nitrogen and oxygen atoms in total. The molecule has 1 fully saturated rings. The predicted molar refractivity (Wildman–Crippen MR) is 104 cm³/mol. The van der Waals surface area contributed by atoms with Crippen LogP contribution in [-0.2, 0) is 6.54 Å². The van der Waals surface area contributed by atoms with Gasteiger partial charge in [0.2, 0.25) is 5.89 Å². The summed E-state index contributed by atoms with van der Waals surface area (Å²) in [4.78, 5) is 17.6. The Morgan fingerprint density at radius 1 is 1.17 bits per heavy atom. The molecule has 1 atom stereocenters. The van der Waals surface area contributed by atoms with Crippen molar-refractivity contribution in [2.45, 2.75) is 25.4 Å². The summed E-state index contributed by atoms with van der Waals surface area (Å²) in [5, 5.41) is 10.2. The summed E-state index contributed by atoms with van der Waals surface area (Å²) in [5.74, 6) is -0.748. The highest BCUT2D eigenvalue weighted by Crippen LogP contribution is 2.24. The fourth-order valence-electron chi connectivity index (χ4n) is 3.84. The lowest BCUT2D eigenvalue weighted by molar-refractivity contribution is 0.116. The van der Waals surface area contributed by atoms with Gasteiger partial charge in [-0.15, -0.1) is 10.2 Å². The number of aromatic nitrogens is 5. The average molecular weight is 412 g/mol. The maximum absolute atomic E-state index is 13.2. The van der Waals surface area contributed by atoms with Gasteiger partial charge in [0.1, 0.15) is 0 Å². The fourth-order valence-corrected chi connectivity index (χ4v) is 3.84. The molecule has 0 amide bonds. The van der Waals surface area contributed by atoms with E-state index in [9.17, 15) is 13.6 Å². The number of para-hydroxylation sites is 2. The Morgan fingerprint density at radius 3 is 2.67 bits per heavy atom. The van der Waals surface area contributed by atoms with Crippen molar-refractivity contribution < 1.29 is 13.2 Å². The van der Waals surface area contributed by atoms with Crippen molar-refractivity contribution in [3.8, 4) is 11.5 Å². The number of hydrogen-bond acceptors (Lipinski definition) is 6. The van der Waals surface area contributed by atoms with Crippen LogP contribution in [-0.4, -0.2) is 37.4 Å². The van der Waals surface area contributed by atoms with Crippen molar-refractivity contribution in [1.82, 2.24) is 29.6 Å². The third kappa shape index (κ3) is 3.18. The molecule has 0 saturated carbocycles. The normalized spacial score (nSPS) is 16.7. The summed E-state index contributed by atoms with van der Waals surface area (Å²) >= 11 is 0. The molecule has 10 heteroatoms. The van der Waals surface area contributed by atoms with Crippen LogP contribution < -0.4 is 11.0 Å². The van der Waals surface area contributed by atoms with Crippen molar-refractivity contribution in [3.63, 3.8) is 0 Å². The van der Waals surface area contributed by atoms with Crippen LogP contribution >= 0.6 is 0 Å². The van der Waals surface area contributed by atoms with Gasteiger partial charge in [0, 0.05) is 12.7 Å². The lowest BCUT2D eigenvalue weighted by atomic mass is 10.2. The average Bonchev–Trinajstić information content (AvgIpc) is 3.49. The van der Waals surface area contributed by atoms with Gasteiger partial charge in [-0.3, -0.25) is 14.1 Å². The third-order valence-corrected chi connectivity index (χ3v) is 5.29. The molecule has 154 valence electrons. The SMILES string of the molecule is O=c1n(Cc2ccc(-c3nnc(C(F)F)o3)cn2)c2ccccc2n1C1CCNC1. The lowest BCUT2D eigenvalue weighted by Gasteiger charge is -2.10. The van der Waals surface area contributed by atoms with E-state index in [0.717, 1.165) is 30.5 Å². The number of imidazole rings is 1. The van der Waals surface area contributed by atoms with Crippen LogP contribution in [0.25, 0.3) is 22.5 Å². The van der Waals surface area contributed by atoms with Gasteiger partial charge in [-0.1, -0.05) is 12.1 Å². The van der Waals surface area contributed by atoms with Crippen LogP contribution in [0.3, 0.4) is 0 Å². The number of halogens is 2. The molecular weight excluding hydrogens is 394 g/mol. The van der Waals surface area contributed by atoms with E-state index >= 15 is 0 Å². The molecule has 30 heavy (non-hydrogen) atoms. The summed E-state index contributed by atoms with van der Waals surface area (Å²) in [5.41, 5.74) is 2.76. The summed E-state index contributed by atoms with van der Waals surface area (Å²) in [6, 6.07) is 11.2. The van der Waals surface area contributed by atoms with Gasteiger partial charge in [-0.25, -0.2) is 4.79 Å². The molecule has 1 aliphatic heterocycles. The minimum Gasteiger partial charge on any atom is -0.415 e. The lowest BCUT2D eigenvalue weighted by Crippen LogP contribution is -2.29. The highest BCUT2D eigenvalue weighted by atomic mass is 19.3. The van der Waals surface area contributed by atoms with E-state index in [-0.39, 0.29) is 17.6 Å². The van der Waals surface area contributed by atoms with E-state index in [4.69, 9.17) is 4.42 Å². The van der Waals surface area contributed by atoms with Crippen molar-refractivity contribution in [3.05, 3.63) is 64.7 Å². The quantitative estimate of drug-likeness (QED) is 0.542. The first-order valence-electron chi connectivity index (χ1n) is 9.59. The van der Waals surface area contributed by atoms with Crippen LogP contribution in [0.15, 0.2) is 51.8 Å². The van der Waals surface area contributed by atoms with Crippen LogP contribution in [0.1, 0.15) is 30.5 Å². The summed E-state index contributed by atoms with van der Waals surface area (Å²) in [6.07, 6.45) is -0.438.